The Morgan fingerprint density at radius 3 is 1.20 bits per heavy atom. The third kappa shape index (κ3) is 40.7. The number of alkyl halides is 1. The van der Waals surface area contributed by atoms with Gasteiger partial charge in [-0.15, -0.1) is 0 Å². The number of carbonyl (C=O) groups excluding carboxylic acids is 4. The number of benzene rings is 4. The van der Waals surface area contributed by atoms with Crippen molar-refractivity contribution in [3.8, 4) is 0 Å². The van der Waals surface area contributed by atoms with Gasteiger partial charge in [0.2, 0.25) is 5.56 Å². The lowest BCUT2D eigenvalue weighted by Gasteiger charge is -2.24. The number of halogens is 1. The molecular formula is C81H106BrN14O16+. The average Bonchev–Trinajstić information content (AvgIpc) is 0.845. The summed E-state index contributed by atoms with van der Waals surface area (Å²) < 4.78 is 14.9. The molecule has 0 saturated carbocycles. The number of aromatic amines is 1. The van der Waals surface area contributed by atoms with Crippen LogP contribution in [0.15, 0.2) is 224 Å². The maximum absolute atomic E-state index is 12.9. The highest BCUT2D eigenvalue weighted by molar-refractivity contribution is 9.08. The summed E-state index contributed by atoms with van der Waals surface area (Å²) in [6.45, 7) is 16.6. The quantitative estimate of drug-likeness (QED) is 0.00828. The highest BCUT2D eigenvalue weighted by Crippen LogP contribution is 2.14. The number of amidine groups is 2. The molecule has 17 N–H and O–H groups in total. The summed E-state index contributed by atoms with van der Waals surface area (Å²) in [4.78, 5) is 141. The van der Waals surface area contributed by atoms with Gasteiger partial charge in [-0.2, -0.15) is 0 Å². The Morgan fingerprint density at radius 1 is 0.491 bits per heavy atom. The van der Waals surface area contributed by atoms with Crippen LogP contribution < -0.4 is 66.5 Å². The third-order valence-corrected chi connectivity index (χ3v) is 15.3. The molecule has 0 radical (unpaired) electrons. The maximum Gasteiger partial charge on any atom is 0.338 e. The van der Waals surface area contributed by atoms with Crippen LogP contribution in [0.2, 0.25) is 0 Å². The molecular weight excluding hydrogens is 1500 g/mol. The third-order valence-electron chi connectivity index (χ3n) is 14.7. The molecule has 8 aromatic rings. The lowest BCUT2D eigenvalue weighted by atomic mass is 10.1. The average molecular weight is 1610 g/mol. The summed E-state index contributed by atoms with van der Waals surface area (Å²) in [5, 5.41) is 32.7. The summed E-state index contributed by atoms with van der Waals surface area (Å²) in [5.74, 6) is -4.06. The van der Waals surface area contributed by atoms with Gasteiger partial charge in [0, 0.05) is 67.5 Å². The maximum atomic E-state index is 12.9. The molecule has 0 fully saturated rings. The van der Waals surface area contributed by atoms with Crippen molar-refractivity contribution < 1.29 is 63.3 Å². The minimum Gasteiger partial charge on any atom is -0.480 e. The number of carbonyl (C=O) groups is 7. The number of esters is 2. The Kier molecular flexibility index (Phi) is 43.0. The fourth-order valence-corrected chi connectivity index (χ4v) is 9.70. The van der Waals surface area contributed by atoms with Crippen molar-refractivity contribution in [2.45, 2.75) is 156 Å². The molecule has 0 saturated heterocycles. The minimum atomic E-state index is -1.14. The summed E-state index contributed by atoms with van der Waals surface area (Å²) >= 11 is 3.36. The predicted octanol–water partition coefficient (Wildman–Crippen LogP) is 6.41. The number of rotatable bonds is 28. The first-order valence-electron chi connectivity index (χ1n) is 35.1. The fraction of sp³-hybridized carbons (Fsp3) is 0.333. The second-order valence-corrected chi connectivity index (χ2v) is 27.3. The molecule has 0 bridgehead atoms. The number of H-pyrrole nitrogens is 1. The number of nitrogens with one attached hydrogen (secondary N) is 4. The number of pyridine rings is 4. The number of aromatic carboxylic acids is 2. The van der Waals surface area contributed by atoms with Crippen molar-refractivity contribution in [3.63, 3.8) is 0 Å². The van der Waals surface area contributed by atoms with Crippen LogP contribution in [0.5, 0.6) is 0 Å². The molecule has 0 aliphatic rings. The van der Waals surface area contributed by atoms with E-state index < -0.39 is 65.0 Å². The molecule has 0 aliphatic carbocycles. The second-order valence-electron chi connectivity index (χ2n) is 26.7. The van der Waals surface area contributed by atoms with Gasteiger partial charge in [0.25, 0.3) is 28.5 Å². The van der Waals surface area contributed by atoms with Gasteiger partial charge >= 0.3 is 35.8 Å². The molecule has 602 valence electrons. The molecule has 3 atom stereocenters. The van der Waals surface area contributed by atoms with Crippen LogP contribution in [-0.2, 0) is 48.8 Å². The van der Waals surface area contributed by atoms with Gasteiger partial charge in [0.1, 0.15) is 29.3 Å². The van der Waals surface area contributed by atoms with Crippen molar-refractivity contribution in [1.29, 1.82) is 0 Å². The number of nitrogens with two attached hydrogens (primary N) is 5. The van der Waals surface area contributed by atoms with Crippen LogP contribution in [-0.4, -0.2) is 142 Å². The predicted molar refractivity (Wildman–Crippen MR) is 437 cm³/mol. The summed E-state index contributed by atoms with van der Waals surface area (Å²) in [6, 6.07) is 46.5. The number of aliphatic carboxylic acids is 1. The van der Waals surface area contributed by atoms with Crippen molar-refractivity contribution in [1.82, 2.24) is 29.3 Å². The molecule has 0 aliphatic heterocycles. The van der Waals surface area contributed by atoms with E-state index >= 15 is 0 Å². The van der Waals surface area contributed by atoms with Gasteiger partial charge in [-0.05, 0) is 140 Å². The van der Waals surface area contributed by atoms with E-state index in [1.807, 2.05) is 130 Å². The van der Waals surface area contributed by atoms with Crippen molar-refractivity contribution in [2.24, 2.45) is 38.7 Å². The van der Waals surface area contributed by atoms with Crippen LogP contribution in [0, 0.1) is 0 Å². The van der Waals surface area contributed by atoms with Crippen LogP contribution >= 0.6 is 15.9 Å². The van der Waals surface area contributed by atoms with E-state index in [1.54, 1.807) is 34.6 Å². The van der Waals surface area contributed by atoms with Gasteiger partial charge < -0.3 is 71.3 Å². The van der Waals surface area contributed by atoms with E-state index in [0.717, 1.165) is 34.6 Å². The topological polar surface area (TPSA) is 490 Å². The van der Waals surface area contributed by atoms with E-state index in [-0.39, 0.29) is 70.3 Å². The summed E-state index contributed by atoms with van der Waals surface area (Å²) in [7, 11) is 0. The number of aromatic nitrogens is 4. The first-order valence-corrected chi connectivity index (χ1v) is 36.2. The van der Waals surface area contributed by atoms with Crippen molar-refractivity contribution in [3.05, 3.63) is 281 Å². The number of hydrogen-bond acceptors (Lipinski definition) is 16. The summed E-state index contributed by atoms with van der Waals surface area (Å²) in [5.41, 5.74) is 29.8. The number of carboxylic acid groups (broad SMARTS) is 3. The van der Waals surface area contributed by atoms with Crippen molar-refractivity contribution in [2.75, 3.05) is 19.6 Å². The molecule has 8 rings (SSSR count). The zero-order valence-corrected chi connectivity index (χ0v) is 65.1. The van der Waals surface area contributed by atoms with Crippen LogP contribution in [0.1, 0.15) is 165 Å². The molecule has 112 heavy (non-hydrogen) atoms. The van der Waals surface area contributed by atoms with Gasteiger partial charge in [0.15, 0.2) is 0 Å². The highest BCUT2D eigenvalue weighted by Gasteiger charge is 2.28. The fourth-order valence-electron chi connectivity index (χ4n) is 9.32. The standard InChI is InChI=1S/C24H32N4O4.C19H23N5O4.C13H11NO3.C11H23N3O2.C7H7Br.C6H5NO3.CH4/c1-17(25)26-14-8-11-20(23(31)32-24(2,3)4)27-22(30)19-12-13-21(29)28(16-19)15-18-9-6-5-7-10-18;20-19(21)22-10-4-7-15(18(27)28)23-17(26)14-8-9-16(25)24(12-14)11-13-5-2-1-3-6-13;15-12-7-6-11(13(16)17)9-14(12)8-10-4-2-1-3-5-10;1-8(12)14-7-5-6-9(13)10(15)16-11(2,3)4;8-6-7-4-2-1-3-5-7;8-5-2-1-4(3-7-5)6(9)10;/h5-7,9-10,12-13,16,20H,8,11,14-15H2,1-4H3,(H2,25,26)(H,27,30);1-3,5-6,8-9,12,15H,4,7,10-11H2,(H,23,26)(H,27,28)(H4,20,21,22);1-7,9H,8H2,(H,16,17);9H,5-7,13H2,1-4H3,(H2,12,14);1-5H,6H2;1-3H,(H,7,8)(H,9,10);1H4/p+1/t20-;15-;;9-;;;/m00.0.../s1. The van der Waals surface area contributed by atoms with Gasteiger partial charge in [-0.25, -0.2) is 19.2 Å². The molecule has 4 aromatic heterocycles. The monoisotopic (exact) mass is 1610 g/mol. The Hall–Kier alpha value is -12.4. The van der Waals surface area contributed by atoms with E-state index in [4.69, 9.17) is 48.4 Å². The lowest BCUT2D eigenvalue weighted by Crippen LogP contribution is -2.78. The molecule has 4 aromatic carbocycles. The molecule has 31 heteroatoms. The lowest BCUT2D eigenvalue weighted by molar-refractivity contribution is -0.459. The smallest absolute Gasteiger partial charge is 0.338 e. The molecule has 0 spiro atoms. The highest BCUT2D eigenvalue weighted by atomic mass is 79.9. The van der Waals surface area contributed by atoms with E-state index in [1.165, 1.54) is 86.4 Å². The number of ether oxygens (including phenoxy) is 2. The number of aliphatic imine (C=N–C) groups is 2. The van der Waals surface area contributed by atoms with E-state index in [0.29, 0.717) is 76.6 Å². The van der Waals surface area contributed by atoms with Crippen LogP contribution in [0.3, 0.4) is 0 Å². The zero-order chi connectivity index (χ0) is 82.6. The largest absolute Gasteiger partial charge is 0.480 e. The number of hydrogen-bond donors (Lipinski definition) is 12. The number of amides is 2. The first kappa shape index (κ1) is 95.7. The zero-order valence-electron chi connectivity index (χ0n) is 63.5. The van der Waals surface area contributed by atoms with Crippen molar-refractivity contribution >= 4 is 75.2 Å². The molecule has 30 nitrogen and oxygen atoms in total. The molecule has 0 unspecified atom stereocenters. The molecule has 4 heterocycles. The second kappa shape index (κ2) is 50.4. The van der Waals surface area contributed by atoms with Gasteiger partial charge in [0.05, 0.1) is 60.1 Å². The Morgan fingerprint density at radius 2 is 0.848 bits per heavy atom. The number of carboxylic acids is 3. The Labute approximate surface area is 659 Å². The molecule has 2 amide bonds. The van der Waals surface area contributed by atoms with Crippen LogP contribution in [0.4, 0.5) is 0 Å². The Balaban J connectivity index is 0.000000482. The van der Waals surface area contributed by atoms with E-state index in [9.17, 15) is 57.8 Å². The van der Waals surface area contributed by atoms with Gasteiger partial charge in [-0.3, -0.25) is 60.0 Å². The van der Waals surface area contributed by atoms with Crippen LogP contribution in [0.25, 0.3) is 0 Å². The first-order chi connectivity index (χ1) is 52.4. The minimum absolute atomic E-state index is 0. The summed E-state index contributed by atoms with van der Waals surface area (Å²) in [6.07, 6.45) is 8.28. The normalized spacial score (nSPS) is 11.6. The Bertz CT molecular complexity index is 4580. The number of guanidine groups is 1. The van der Waals surface area contributed by atoms with Gasteiger partial charge in [-0.1, -0.05) is 145 Å². The number of nitrogens with zero attached hydrogens (tertiary/aromatic N) is 5. The SMILES string of the molecule is BrCc1ccccc1.C.CC(N)=NCCC[C@H](N)C(=O)OC(C)(C)C.CC(N)=NCCC[C@H](NC(=O)c1ccc(=O)n(Cc2ccccc2)c1)C(=O)OC(C)(C)C.NC(N)=[NH+]CCC[C@H](NC(=O)c1ccc(=O)n(Cc2ccccc2)c1)C(=O)O.O=C(O)c1ccc(=O)[nH]c1.O=C(O)c1ccc(=O)n(Cc2ccccc2)c1. The van der Waals surface area contributed by atoms with E-state index in [2.05, 4.69) is 58.7 Å².